The molecule has 1 saturated heterocycles. The summed E-state index contributed by atoms with van der Waals surface area (Å²) < 4.78 is 0.261. The van der Waals surface area contributed by atoms with Gasteiger partial charge in [0.25, 0.3) is 0 Å². The van der Waals surface area contributed by atoms with Crippen molar-refractivity contribution in [2.24, 2.45) is 17.3 Å². The van der Waals surface area contributed by atoms with Crippen LogP contribution in [0.2, 0.25) is 0 Å². The molecule has 0 spiro atoms. The van der Waals surface area contributed by atoms with Crippen molar-refractivity contribution in [3.63, 3.8) is 0 Å². The fraction of sp³-hybridized carbons (Fsp3) is 0.824. The Hall–Kier alpha value is -1.11. The molecule has 7 heteroatoms. The summed E-state index contributed by atoms with van der Waals surface area (Å²) in [6.45, 7) is 0.642. The molecular formula is C17H24BrN3O3. The number of alkyl halides is 1. The summed E-state index contributed by atoms with van der Waals surface area (Å²) in [5.41, 5.74) is 0.151. The summed E-state index contributed by atoms with van der Waals surface area (Å²) in [5, 5.41) is 5.39. The molecule has 24 heavy (non-hydrogen) atoms. The van der Waals surface area contributed by atoms with Crippen molar-refractivity contribution in [3.8, 4) is 0 Å². The molecule has 6 nitrogen and oxygen atoms in total. The standard InChI is InChI=1S/C17H24BrN3O3/c18-17-6-11-3-12(7-17)5-16(4-11,10-17)8-13(22)19-1-2-21-14(23)9-20-15(21)24/h11-12H,1-10H2,(H,19,22)(H,20,24)/t11-,12-,16?,17?/m0/s1. The van der Waals surface area contributed by atoms with Gasteiger partial charge in [0, 0.05) is 23.8 Å². The number of hydrogen-bond donors (Lipinski definition) is 2. The zero-order valence-electron chi connectivity index (χ0n) is 13.8. The van der Waals surface area contributed by atoms with Crippen LogP contribution in [-0.4, -0.2) is 46.7 Å². The van der Waals surface area contributed by atoms with Gasteiger partial charge in [0.05, 0.1) is 6.54 Å². The molecule has 5 aliphatic rings. The molecule has 4 amide bonds. The van der Waals surface area contributed by atoms with Crippen LogP contribution in [0, 0.1) is 17.3 Å². The fourth-order valence-corrected chi connectivity index (χ4v) is 7.45. The van der Waals surface area contributed by atoms with Crippen LogP contribution in [0.4, 0.5) is 4.79 Å². The summed E-state index contributed by atoms with van der Waals surface area (Å²) in [6, 6.07) is -0.364. The average molecular weight is 398 g/mol. The number of halogens is 1. The van der Waals surface area contributed by atoms with Crippen molar-refractivity contribution in [1.82, 2.24) is 15.5 Å². The van der Waals surface area contributed by atoms with Crippen molar-refractivity contribution in [2.45, 2.75) is 49.3 Å². The summed E-state index contributed by atoms with van der Waals surface area (Å²) in [5.74, 6) is 1.37. The van der Waals surface area contributed by atoms with Crippen molar-refractivity contribution >= 4 is 33.8 Å². The Kier molecular flexibility index (Phi) is 3.90. The molecule has 0 aromatic heterocycles. The zero-order valence-corrected chi connectivity index (χ0v) is 15.4. The normalized spacial score (nSPS) is 40.1. The molecule has 0 aromatic rings. The van der Waals surface area contributed by atoms with Gasteiger partial charge >= 0.3 is 6.03 Å². The third-order valence-electron chi connectivity index (χ3n) is 6.24. The van der Waals surface area contributed by atoms with Crippen molar-refractivity contribution in [2.75, 3.05) is 19.6 Å². The molecule has 5 fully saturated rings. The van der Waals surface area contributed by atoms with Gasteiger partial charge in [-0.2, -0.15) is 0 Å². The monoisotopic (exact) mass is 397 g/mol. The largest absolute Gasteiger partial charge is 0.354 e. The van der Waals surface area contributed by atoms with E-state index in [-0.39, 0.29) is 40.7 Å². The molecular weight excluding hydrogens is 374 g/mol. The Bertz CT molecular complexity index is 564. The molecule has 2 atom stereocenters. The highest BCUT2D eigenvalue weighted by Crippen LogP contribution is 2.65. The van der Waals surface area contributed by atoms with E-state index in [0.29, 0.717) is 13.0 Å². The second kappa shape index (κ2) is 5.71. The lowest BCUT2D eigenvalue weighted by Gasteiger charge is -2.60. The van der Waals surface area contributed by atoms with Gasteiger partial charge in [-0.15, -0.1) is 0 Å². The second-order valence-electron chi connectivity index (χ2n) is 8.34. The lowest BCUT2D eigenvalue weighted by Crippen LogP contribution is -2.54. The Labute approximate surface area is 150 Å². The number of imide groups is 1. The summed E-state index contributed by atoms with van der Waals surface area (Å²) in [6.07, 6.45) is 7.90. The number of carbonyl (C=O) groups excluding carboxylic acids is 3. The quantitative estimate of drug-likeness (QED) is 0.548. The lowest BCUT2D eigenvalue weighted by atomic mass is 9.48. The Morgan fingerprint density at radius 3 is 2.54 bits per heavy atom. The van der Waals surface area contributed by atoms with Crippen LogP contribution in [0.1, 0.15) is 44.9 Å². The summed E-state index contributed by atoms with van der Waals surface area (Å²) in [4.78, 5) is 36.6. The highest BCUT2D eigenvalue weighted by atomic mass is 79.9. The number of hydrogen-bond acceptors (Lipinski definition) is 3. The molecule has 0 radical (unpaired) electrons. The van der Waals surface area contributed by atoms with E-state index in [2.05, 4.69) is 26.6 Å². The molecule has 0 unspecified atom stereocenters. The molecule has 1 aliphatic heterocycles. The summed E-state index contributed by atoms with van der Waals surface area (Å²) >= 11 is 3.97. The van der Waals surface area contributed by atoms with E-state index < -0.39 is 0 Å². The third kappa shape index (κ3) is 2.95. The minimum atomic E-state index is -0.364. The number of nitrogens with zero attached hydrogens (tertiary/aromatic N) is 1. The van der Waals surface area contributed by atoms with Gasteiger partial charge < -0.3 is 10.6 Å². The highest BCUT2D eigenvalue weighted by Gasteiger charge is 2.57. The van der Waals surface area contributed by atoms with Crippen LogP contribution < -0.4 is 10.6 Å². The first-order chi connectivity index (χ1) is 11.4. The van der Waals surface area contributed by atoms with Crippen molar-refractivity contribution < 1.29 is 14.4 Å². The first kappa shape index (κ1) is 16.4. The molecule has 4 saturated carbocycles. The predicted octanol–water partition coefficient (Wildman–Crippen LogP) is 1.78. The number of amides is 4. The van der Waals surface area contributed by atoms with Gasteiger partial charge in [-0.25, -0.2) is 4.79 Å². The first-order valence-electron chi connectivity index (χ1n) is 8.90. The number of nitrogens with one attached hydrogen (secondary N) is 2. The maximum absolute atomic E-state index is 12.4. The number of carbonyl (C=O) groups is 3. The number of rotatable bonds is 5. The van der Waals surface area contributed by atoms with Gasteiger partial charge in [0.2, 0.25) is 11.8 Å². The molecule has 4 bridgehead atoms. The van der Waals surface area contributed by atoms with Crippen LogP contribution in [0.25, 0.3) is 0 Å². The van der Waals surface area contributed by atoms with Gasteiger partial charge in [0.15, 0.2) is 0 Å². The maximum atomic E-state index is 12.4. The first-order valence-corrected chi connectivity index (χ1v) is 9.70. The van der Waals surface area contributed by atoms with Crippen LogP contribution in [-0.2, 0) is 9.59 Å². The highest BCUT2D eigenvalue weighted by molar-refractivity contribution is 9.10. The number of urea groups is 1. The van der Waals surface area contributed by atoms with Gasteiger partial charge in [-0.1, -0.05) is 15.9 Å². The molecule has 5 rings (SSSR count). The Morgan fingerprint density at radius 2 is 1.96 bits per heavy atom. The van der Waals surface area contributed by atoms with Gasteiger partial charge in [-0.3, -0.25) is 14.5 Å². The van der Waals surface area contributed by atoms with E-state index >= 15 is 0 Å². The van der Waals surface area contributed by atoms with E-state index in [0.717, 1.165) is 18.3 Å². The van der Waals surface area contributed by atoms with E-state index in [9.17, 15) is 14.4 Å². The third-order valence-corrected chi connectivity index (χ3v) is 7.17. The van der Waals surface area contributed by atoms with Gasteiger partial charge in [0.1, 0.15) is 0 Å². The SMILES string of the molecule is O=C(CC12C[C@@H]3C[C@H](CC(Br)(C3)C1)C2)NCCN1C(=O)CNC1=O. The summed E-state index contributed by atoms with van der Waals surface area (Å²) in [7, 11) is 0. The van der Waals surface area contributed by atoms with E-state index in [1.165, 1.54) is 37.0 Å². The molecule has 0 aromatic carbocycles. The lowest BCUT2D eigenvalue weighted by molar-refractivity contribution is -0.129. The van der Waals surface area contributed by atoms with Crippen LogP contribution >= 0.6 is 15.9 Å². The minimum absolute atomic E-state index is 0.0557. The van der Waals surface area contributed by atoms with Crippen molar-refractivity contribution in [3.05, 3.63) is 0 Å². The predicted molar refractivity (Wildman–Crippen MR) is 91.5 cm³/mol. The molecule has 1 heterocycles. The maximum Gasteiger partial charge on any atom is 0.324 e. The second-order valence-corrected chi connectivity index (χ2v) is 10.0. The zero-order chi connectivity index (χ0) is 16.9. The van der Waals surface area contributed by atoms with Crippen molar-refractivity contribution in [1.29, 1.82) is 0 Å². The van der Waals surface area contributed by atoms with Crippen LogP contribution in [0.5, 0.6) is 0 Å². The van der Waals surface area contributed by atoms with E-state index in [1.54, 1.807) is 0 Å². The Morgan fingerprint density at radius 1 is 1.25 bits per heavy atom. The van der Waals surface area contributed by atoms with Gasteiger partial charge in [-0.05, 0) is 55.8 Å². The van der Waals surface area contributed by atoms with Crippen LogP contribution in [0.3, 0.4) is 0 Å². The van der Waals surface area contributed by atoms with Crippen LogP contribution in [0.15, 0.2) is 0 Å². The molecule has 132 valence electrons. The van der Waals surface area contributed by atoms with E-state index in [1.807, 2.05) is 0 Å². The average Bonchev–Trinajstić information content (AvgIpc) is 2.75. The molecule has 4 aliphatic carbocycles. The van der Waals surface area contributed by atoms with E-state index in [4.69, 9.17) is 0 Å². The fourth-order valence-electron chi connectivity index (χ4n) is 5.93. The molecule has 2 N–H and O–H groups in total. The minimum Gasteiger partial charge on any atom is -0.354 e. The smallest absolute Gasteiger partial charge is 0.324 e. The topological polar surface area (TPSA) is 78.5 Å². The Balaban J connectivity index is 1.30.